The van der Waals surface area contributed by atoms with Gasteiger partial charge < -0.3 is 5.73 Å². The van der Waals surface area contributed by atoms with Crippen LogP contribution in [0.25, 0.3) is 10.2 Å². The van der Waals surface area contributed by atoms with E-state index in [1.807, 2.05) is 5.38 Å². The molecule has 0 bridgehead atoms. The molecule has 3 rings (SSSR count). The molecule has 0 aliphatic carbocycles. The quantitative estimate of drug-likeness (QED) is 0.452. The fraction of sp³-hybridized carbons (Fsp3) is 0.0769. The van der Waals surface area contributed by atoms with E-state index >= 15 is 0 Å². The molecule has 0 saturated heterocycles. The molecular formula is C13H10N4O3S. The average Bonchev–Trinajstić information content (AvgIpc) is 2.91. The highest BCUT2D eigenvalue weighted by Crippen LogP contribution is 2.22. The van der Waals surface area contributed by atoms with Gasteiger partial charge in [0.2, 0.25) is 0 Å². The van der Waals surface area contributed by atoms with Crippen LogP contribution in [0.15, 0.2) is 40.8 Å². The maximum absolute atomic E-state index is 12.2. The molecule has 0 saturated carbocycles. The lowest BCUT2D eigenvalue weighted by Gasteiger charge is -2.06. The summed E-state index contributed by atoms with van der Waals surface area (Å²) >= 11 is 1.40. The lowest BCUT2D eigenvalue weighted by molar-refractivity contribution is -0.383. The predicted molar refractivity (Wildman–Crippen MR) is 80.5 cm³/mol. The summed E-state index contributed by atoms with van der Waals surface area (Å²) in [6.45, 7) is 0.264. The van der Waals surface area contributed by atoms with Crippen molar-refractivity contribution in [3.63, 3.8) is 0 Å². The molecule has 2 N–H and O–H groups in total. The Morgan fingerprint density at radius 1 is 1.38 bits per heavy atom. The fourth-order valence-electron chi connectivity index (χ4n) is 2.07. The summed E-state index contributed by atoms with van der Waals surface area (Å²) in [5.41, 5.74) is 6.15. The first-order valence-electron chi connectivity index (χ1n) is 6.01. The number of hydrogen-bond acceptors (Lipinski definition) is 6. The maximum atomic E-state index is 12.2. The Morgan fingerprint density at radius 2 is 2.19 bits per heavy atom. The first kappa shape index (κ1) is 13.3. The standard InChI is InChI=1S/C13H10N4O3S/c14-10-5-8(1-2-11(10)17(19)20)6-16-7-15-12-9(13(16)18)3-4-21-12/h1-5,7H,6,14H2. The minimum atomic E-state index is -0.537. The number of nitro benzene ring substituents is 1. The third-order valence-corrected chi connectivity index (χ3v) is 3.91. The van der Waals surface area contributed by atoms with Crippen LogP contribution in [0.3, 0.4) is 0 Å². The van der Waals surface area contributed by atoms with Crippen molar-refractivity contribution >= 4 is 32.9 Å². The Bertz CT molecular complexity index is 900. The number of nitrogen functional groups attached to an aromatic ring is 1. The zero-order chi connectivity index (χ0) is 15.0. The summed E-state index contributed by atoms with van der Waals surface area (Å²) in [7, 11) is 0. The Kier molecular flexibility index (Phi) is 3.15. The lowest BCUT2D eigenvalue weighted by atomic mass is 10.1. The molecule has 0 atom stereocenters. The van der Waals surface area contributed by atoms with E-state index in [4.69, 9.17) is 5.73 Å². The highest BCUT2D eigenvalue weighted by molar-refractivity contribution is 7.16. The van der Waals surface area contributed by atoms with E-state index in [9.17, 15) is 14.9 Å². The number of fused-ring (bicyclic) bond motifs is 1. The second-order valence-electron chi connectivity index (χ2n) is 4.47. The molecule has 3 aromatic rings. The molecule has 1 aromatic carbocycles. The molecule has 0 fully saturated rings. The van der Waals surface area contributed by atoms with Crippen LogP contribution >= 0.6 is 11.3 Å². The van der Waals surface area contributed by atoms with Gasteiger partial charge in [0.05, 0.1) is 23.2 Å². The van der Waals surface area contributed by atoms with Gasteiger partial charge in [-0.1, -0.05) is 6.07 Å². The number of nitrogens with zero attached hydrogens (tertiary/aromatic N) is 3. The van der Waals surface area contributed by atoms with Crippen molar-refractivity contribution in [3.8, 4) is 0 Å². The van der Waals surface area contributed by atoms with Gasteiger partial charge in [-0.15, -0.1) is 11.3 Å². The summed E-state index contributed by atoms with van der Waals surface area (Å²) in [6, 6.07) is 6.16. The van der Waals surface area contributed by atoms with Crippen LogP contribution in [0, 0.1) is 10.1 Å². The number of rotatable bonds is 3. The first-order valence-corrected chi connectivity index (χ1v) is 6.89. The van der Waals surface area contributed by atoms with Crippen LogP contribution in [0.4, 0.5) is 11.4 Å². The first-order chi connectivity index (χ1) is 10.1. The topological polar surface area (TPSA) is 104 Å². The molecule has 0 spiro atoms. The van der Waals surface area contributed by atoms with Gasteiger partial charge in [0.25, 0.3) is 11.2 Å². The van der Waals surface area contributed by atoms with Crippen LogP contribution in [0.5, 0.6) is 0 Å². The Labute approximate surface area is 122 Å². The molecule has 2 heterocycles. The minimum Gasteiger partial charge on any atom is -0.393 e. The van der Waals surface area contributed by atoms with Gasteiger partial charge in [-0.05, 0) is 23.1 Å². The number of nitrogens with two attached hydrogens (primary N) is 1. The van der Waals surface area contributed by atoms with Gasteiger partial charge in [0.15, 0.2) is 0 Å². The molecule has 8 heteroatoms. The van der Waals surface area contributed by atoms with Crippen molar-refractivity contribution in [2.45, 2.75) is 6.54 Å². The van der Waals surface area contributed by atoms with Gasteiger partial charge in [0, 0.05) is 6.07 Å². The molecule has 2 aromatic heterocycles. The van der Waals surface area contributed by atoms with Gasteiger partial charge in [-0.2, -0.15) is 0 Å². The Hall–Kier alpha value is -2.74. The Morgan fingerprint density at radius 3 is 2.90 bits per heavy atom. The van der Waals surface area contributed by atoms with Crippen LogP contribution in [0.2, 0.25) is 0 Å². The molecule has 106 valence electrons. The average molecular weight is 302 g/mol. The van der Waals surface area contributed by atoms with Gasteiger partial charge >= 0.3 is 0 Å². The number of hydrogen-bond donors (Lipinski definition) is 1. The number of aromatic nitrogens is 2. The molecule has 21 heavy (non-hydrogen) atoms. The highest BCUT2D eigenvalue weighted by Gasteiger charge is 2.12. The monoisotopic (exact) mass is 302 g/mol. The van der Waals surface area contributed by atoms with Crippen LogP contribution in [0.1, 0.15) is 5.56 Å². The molecule has 0 radical (unpaired) electrons. The number of anilines is 1. The normalized spacial score (nSPS) is 10.9. The molecule has 0 unspecified atom stereocenters. The third-order valence-electron chi connectivity index (χ3n) is 3.09. The molecule has 7 nitrogen and oxygen atoms in total. The van der Waals surface area contributed by atoms with E-state index in [2.05, 4.69) is 4.98 Å². The van der Waals surface area contributed by atoms with Gasteiger partial charge in [-0.3, -0.25) is 19.5 Å². The lowest BCUT2D eigenvalue weighted by Crippen LogP contribution is -2.20. The van der Waals surface area contributed by atoms with Crippen molar-refractivity contribution in [2.75, 3.05) is 5.73 Å². The second-order valence-corrected chi connectivity index (χ2v) is 5.36. The van der Waals surface area contributed by atoms with Crippen molar-refractivity contribution in [2.24, 2.45) is 0 Å². The van der Waals surface area contributed by atoms with E-state index in [0.717, 1.165) is 0 Å². The van der Waals surface area contributed by atoms with Crippen LogP contribution in [-0.2, 0) is 6.54 Å². The van der Waals surface area contributed by atoms with Crippen LogP contribution < -0.4 is 11.3 Å². The summed E-state index contributed by atoms with van der Waals surface area (Å²) < 4.78 is 1.45. The minimum absolute atomic E-state index is 0.0788. The predicted octanol–water partition coefficient (Wildman–Crippen LogP) is 2.00. The molecular weight excluding hydrogens is 292 g/mol. The maximum Gasteiger partial charge on any atom is 0.292 e. The SMILES string of the molecule is Nc1cc(Cn2cnc3sccc3c2=O)ccc1[N+](=O)[O-]. The smallest absolute Gasteiger partial charge is 0.292 e. The summed E-state index contributed by atoms with van der Waals surface area (Å²) in [5.74, 6) is 0. The van der Waals surface area contributed by atoms with Crippen LogP contribution in [-0.4, -0.2) is 14.5 Å². The largest absolute Gasteiger partial charge is 0.393 e. The molecule has 0 aliphatic heterocycles. The van der Waals surface area contributed by atoms with Crippen molar-refractivity contribution < 1.29 is 4.92 Å². The Balaban J connectivity index is 1.99. The van der Waals surface area contributed by atoms with E-state index in [-0.39, 0.29) is 23.5 Å². The van der Waals surface area contributed by atoms with Crippen molar-refractivity contribution in [3.05, 3.63) is 62.0 Å². The van der Waals surface area contributed by atoms with E-state index in [0.29, 0.717) is 15.8 Å². The van der Waals surface area contributed by atoms with Crippen molar-refractivity contribution in [1.29, 1.82) is 0 Å². The van der Waals surface area contributed by atoms with E-state index in [1.165, 1.54) is 34.4 Å². The zero-order valence-corrected chi connectivity index (χ0v) is 11.5. The molecule has 0 aliphatic rings. The van der Waals surface area contributed by atoms with E-state index in [1.54, 1.807) is 12.1 Å². The number of nitro groups is 1. The van der Waals surface area contributed by atoms with Gasteiger partial charge in [0.1, 0.15) is 10.5 Å². The fourth-order valence-corrected chi connectivity index (χ4v) is 2.79. The molecule has 0 amide bonds. The number of benzene rings is 1. The van der Waals surface area contributed by atoms with E-state index < -0.39 is 4.92 Å². The number of thiophene rings is 1. The summed E-state index contributed by atoms with van der Waals surface area (Å²) in [4.78, 5) is 27.3. The summed E-state index contributed by atoms with van der Waals surface area (Å²) in [6.07, 6.45) is 1.47. The zero-order valence-electron chi connectivity index (χ0n) is 10.7. The van der Waals surface area contributed by atoms with Crippen molar-refractivity contribution in [1.82, 2.24) is 9.55 Å². The third kappa shape index (κ3) is 2.36. The summed E-state index contributed by atoms with van der Waals surface area (Å²) in [5, 5.41) is 13.1. The second kappa shape index (κ2) is 4.98. The highest BCUT2D eigenvalue weighted by atomic mass is 32.1. The van der Waals surface area contributed by atoms with Gasteiger partial charge in [-0.25, -0.2) is 4.98 Å².